The van der Waals surface area contributed by atoms with Crippen molar-refractivity contribution in [3.05, 3.63) is 34.7 Å². The maximum Gasteiger partial charge on any atom is 0.140 e. The number of nitrogens with zero attached hydrogens (tertiary/aromatic N) is 2. The van der Waals surface area contributed by atoms with Crippen LogP contribution in [0.4, 0.5) is 0 Å². The molecule has 0 amide bonds. The zero-order valence-corrected chi connectivity index (χ0v) is 9.77. The highest BCUT2D eigenvalue weighted by molar-refractivity contribution is 7.80. The summed E-state index contributed by atoms with van der Waals surface area (Å²) in [7, 11) is 0. The molecule has 0 unspecified atom stereocenters. The van der Waals surface area contributed by atoms with Gasteiger partial charge in [-0.2, -0.15) is 0 Å². The van der Waals surface area contributed by atoms with Gasteiger partial charge in [0.2, 0.25) is 0 Å². The van der Waals surface area contributed by atoms with Crippen LogP contribution < -0.4 is 5.73 Å². The summed E-state index contributed by atoms with van der Waals surface area (Å²) >= 11 is 10.8. The molecule has 0 atom stereocenters. The molecule has 2 N–H and O–H groups in total. The van der Waals surface area contributed by atoms with Gasteiger partial charge in [-0.15, -0.1) is 0 Å². The lowest BCUT2D eigenvalue weighted by molar-refractivity contribution is 1.16. The third-order valence-electron chi connectivity index (χ3n) is 2.11. The van der Waals surface area contributed by atoms with Crippen LogP contribution in [0.1, 0.15) is 11.3 Å². The van der Waals surface area contributed by atoms with Crippen molar-refractivity contribution in [2.45, 2.75) is 13.3 Å². The normalized spacial score (nSPS) is 10.8. The van der Waals surface area contributed by atoms with E-state index in [0.29, 0.717) is 16.4 Å². The first kappa shape index (κ1) is 10.4. The molecule has 78 valence electrons. The van der Waals surface area contributed by atoms with Crippen molar-refractivity contribution in [2.75, 3.05) is 0 Å². The Morgan fingerprint density at radius 3 is 3.00 bits per heavy atom. The van der Waals surface area contributed by atoms with Gasteiger partial charge in [0, 0.05) is 18.8 Å². The van der Waals surface area contributed by atoms with E-state index >= 15 is 0 Å². The van der Waals surface area contributed by atoms with Gasteiger partial charge in [-0.05, 0) is 18.6 Å². The van der Waals surface area contributed by atoms with Crippen LogP contribution in [0, 0.1) is 6.92 Å². The lowest BCUT2D eigenvalue weighted by atomic mass is 10.3. The number of imidazole rings is 1. The lowest BCUT2D eigenvalue weighted by Crippen LogP contribution is -2.11. The van der Waals surface area contributed by atoms with Gasteiger partial charge in [0.25, 0.3) is 0 Å². The second kappa shape index (κ2) is 3.79. The molecule has 0 aromatic carbocycles. The zero-order chi connectivity index (χ0) is 11.0. The zero-order valence-electron chi connectivity index (χ0n) is 8.20. The number of hydrogen-bond acceptors (Lipinski definition) is 2. The van der Waals surface area contributed by atoms with Crippen LogP contribution >= 0.6 is 23.8 Å². The van der Waals surface area contributed by atoms with Crippen LogP contribution in [0.15, 0.2) is 18.5 Å². The fraction of sp³-hybridized carbons (Fsp3) is 0.200. The van der Waals surface area contributed by atoms with E-state index in [1.54, 1.807) is 0 Å². The molecule has 2 rings (SSSR count). The summed E-state index contributed by atoms with van der Waals surface area (Å²) in [6, 6.07) is 1.88. The average Bonchev–Trinajstić information content (AvgIpc) is 2.45. The van der Waals surface area contributed by atoms with Gasteiger partial charge in [0.1, 0.15) is 5.65 Å². The summed E-state index contributed by atoms with van der Waals surface area (Å²) in [4.78, 5) is 4.88. The van der Waals surface area contributed by atoms with Gasteiger partial charge < -0.3 is 10.1 Å². The fourth-order valence-electron chi connectivity index (χ4n) is 1.54. The molecule has 0 fully saturated rings. The number of thiocarbonyl (C=S) groups is 1. The second-order valence-electron chi connectivity index (χ2n) is 3.45. The number of pyridine rings is 1. The molecule has 2 aromatic heterocycles. The first-order valence-corrected chi connectivity index (χ1v) is 5.27. The van der Waals surface area contributed by atoms with Crippen LogP contribution in [-0.4, -0.2) is 14.4 Å². The molecule has 5 heteroatoms. The second-order valence-corrected chi connectivity index (χ2v) is 4.41. The van der Waals surface area contributed by atoms with E-state index in [-0.39, 0.29) is 0 Å². The van der Waals surface area contributed by atoms with Crippen molar-refractivity contribution in [1.29, 1.82) is 0 Å². The van der Waals surface area contributed by atoms with E-state index in [9.17, 15) is 0 Å². The number of nitrogens with two attached hydrogens (primary N) is 1. The standard InChI is InChI=1S/C10H10ClN3S/c1-6-2-7(11)4-14-5-8(3-9(12)15)13-10(6)14/h2,4-5H,3H2,1H3,(H2,12,15). The summed E-state index contributed by atoms with van der Waals surface area (Å²) in [5.74, 6) is 0. The smallest absolute Gasteiger partial charge is 0.140 e. The number of fused-ring (bicyclic) bond motifs is 1. The van der Waals surface area contributed by atoms with Crippen LogP contribution in [-0.2, 0) is 6.42 Å². The summed E-state index contributed by atoms with van der Waals surface area (Å²) in [6.45, 7) is 1.97. The minimum absolute atomic E-state index is 0.446. The van der Waals surface area contributed by atoms with Gasteiger partial charge in [-0.25, -0.2) is 4.98 Å². The van der Waals surface area contributed by atoms with Crippen molar-refractivity contribution in [2.24, 2.45) is 5.73 Å². The number of aromatic nitrogens is 2. The molecule has 0 aliphatic rings. The number of halogens is 1. The van der Waals surface area contributed by atoms with Gasteiger partial charge in [-0.3, -0.25) is 0 Å². The predicted octanol–water partition coefficient (Wildman–Crippen LogP) is 2.12. The van der Waals surface area contributed by atoms with Gasteiger partial charge in [0.15, 0.2) is 0 Å². The van der Waals surface area contributed by atoms with Crippen molar-refractivity contribution in [3.8, 4) is 0 Å². The lowest BCUT2D eigenvalue weighted by Gasteiger charge is -1.97. The minimum atomic E-state index is 0.446. The summed E-state index contributed by atoms with van der Waals surface area (Å²) in [6.07, 6.45) is 4.24. The van der Waals surface area contributed by atoms with Crippen molar-refractivity contribution in [1.82, 2.24) is 9.38 Å². The van der Waals surface area contributed by atoms with Gasteiger partial charge in [-0.1, -0.05) is 23.8 Å². The van der Waals surface area contributed by atoms with Gasteiger partial charge >= 0.3 is 0 Å². The summed E-state index contributed by atoms with van der Waals surface area (Å²) in [5.41, 5.74) is 8.27. The Labute approximate surface area is 97.9 Å². The maximum absolute atomic E-state index is 5.94. The SMILES string of the molecule is Cc1cc(Cl)cn2cc(CC(N)=S)nc12. The number of rotatable bonds is 2. The summed E-state index contributed by atoms with van der Waals surface area (Å²) in [5, 5.41) is 0.694. The first-order valence-electron chi connectivity index (χ1n) is 4.48. The maximum atomic E-state index is 5.94. The monoisotopic (exact) mass is 239 g/mol. The highest BCUT2D eigenvalue weighted by atomic mass is 35.5. The average molecular weight is 240 g/mol. The van der Waals surface area contributed by atoms with Crippen LogP contribution in [0.3, 0.4) is 0 Å². The highest BCUT2D eigenvalue weighted by Gasteiger charge is 2.05. The van der Waals surface area contributed by atoms with E-state index in [4.69, 9.17) is 29.6 Å². The van der Waals surface area contributed by atoms with E-state index in [0.717, 1.165) is 16.9 Å². The number of aryl methyl sites for hydroxylation is 1. The van der Waals surface area contributed by atoms with Crippen molar-refractivity contribution in [3.63, 3.8) is 0 Å². The third kappa shape index (κ3) is 2.11. The molecule has 0 radical (unpaired) electrons. The Kier molecular flexibility index (Phi) is 2.63. The molecule has 0 spiro atoms. The Morgan fingerprint density at radius 2 is 2.33 bits per heavy atom. The quantitative estimate of drug-likeness (QED) is 0.817. The minimum Gasteiger partial charge on any atom is -0.393 e. The van der Waals surface area contributed by atoms with E-state index in [1.807, 2.05) is 29.8 Å². The van der Waals surface area contributed by atoms with Crippen molar-refractivity contribution >= 4 is 34.5 Å². The molecular weight excluding hydrogens is 230 g/mol. The first-order chi connectivity index (χ1) is 7.06. The Hall–Kier alpha value is -1.13. The van der Waals surface area contributed by atoms with Crippen molar-refractivity contribution < 1.29 is 0 Å². The molecule has 0 aliphatic carbocycles. The Balaban J connectivity index is 2.55. The highest BCUT2D eigenvalue weighted by Crippen LogP contribution is 2.16. The molecule has 0 aliphatic heterocycles. The molecule has 0 bridgehead atoms. The molecule has 2 heterocycles. The third-order valence-corrected chi connectivity index (χ3v) is 2.46. The molecular formula is C10H10ClN3S. The van der Waals surface area contributed by atoms with Gasteiger partial charge in [0.05, 0.1) is 15.7 Å². The van der Waals surface area contributed by atoms with Crippen LogP contribution in [0.5, 0.6) is 0 Å². The molecule has 2 aromatic rings. The topological polar surface area (TPSA) is 43.3 Å². The van der Waals surface area contributed by atoms with Crippen LogP contribution in [0.2, 0.25) is 5.02 Å². The van der Waals surface area contributed by atoms with E-state index < -0.39 is 0 Å². The Morgan fingerprint density at radius 1 is 1.60 bits per heavy atom. The fourth-order valence-corrected chi connectivity index (χ4v) is 1.96. The van der Waals surface area contributed by atoms with E-state index in [2.05, 4.69) is 4.98 Å². The largest absolute Gasteiger partial charge is 0.393 e. The molecule has 0 saturated carbocycles. The Bertz CT molecular complexity index is 533. The van der Waals surface area contributed by atoms with Crippen LogP contribution in [0.25, 0.3) is 5.65 Å². The van der Waals surface area contributed by atoms with E-state index in [1.165, 1.54) is 0 Å². The number of hydrogen-bond donors (Lipinski definition) is 1. The summed E-state index contributed by atoms with van der Waals surface area (Å²) < 4.78 is 1.89. The predicted molar refractivity (Wildman–Crippen MR) is 65.4 cm³/mol. The molecule has 15 heavy (non-hydrogen) atoms. The molecule has 3 nitrogen and oxygen atoms in total. The molecule has 0 saturated heterocycles.